The highest BCUT2D eigenvalue weighted by atomic mass is 28.3. The van der Waals surface area contributed by atoms with Crippen molar-refractivity contribution in [2.45, 2.75) is 0 Å². The Hall–Kier alpha value is -9.70. The maximum absolute atomic E-state index is 5.41. The molecule has 342 valence electrons. The lowest BCUT2D eigenvalue weighted by Gasteiger charge is -2.34. The lowest BCUT2D eigenvalue weighted by atomic mass is 10.2. The molecule has 0 bridgehead atoms. The molecular formula is C64H42N8Si. The summed E-state index contributed by atoms with van der Waals surface area (Å²) in [6.45, 7) is 0. The van der Waals surface area contributed by atoms with Crippen LogP contribution in [0.4, 0.5) is 0 Å². The number of nitrogens with zero attached hydrogens (tertiary/aromatic N) is 8. The van der Waals surface area contributed by atoms with Crippen molar-refractivity contribution >= 4 is 100 Å². The Bertz CT molecular complexity index is 4460. The first-order valence-corrected chi connectivity index (χ1v) is 26.7. The van der Waals surface area contributed by atoms with E-state index in [1.54, 1.807) is 0 Å². The molecule has 0 fully saturated rings. The normalized spacial score (nSPS) is 12.1. The summed E-state index contributed by atoms with van der Waals surface area (Å²) in [6.07, 6.45) is 0. The van der Waals surface area contributed by atoms with Crippen molar-refractivity contribution < 1.29 is 0 Å². The van der Waals surface area contributed by atoms with Gasteiger partial charge in [-0.1, -0.05) is 194 Å². The number of aromatic nitrogens is 8. The van der Waals surface area contributed by atoms with Crippen molar-refractivity contribution in [2.75, 3.05) is 0 Å². The van der Waals surface area contributed by atoms with E-state index in [1.807, 2.05) is 6.07 Å². The number of hydrogen-bond acceptors (Lipinski definition) is 4. The Kier molecular flexibility index (Phi) is 9.11. The minimum atomic E-state index is -2.97. The van der Waals surface area contributed by atoms with Gasteiger partial charge in [-0.25, -0.2) is 9.55 Å². The first-order valence-electron chi connectivity index (χ1n) is 24.7. The molecule has 8 nitrogen and oxygen atoms in total. The number of rotatable bonds is 8. The van der Waals surface area contributed by atoms with Crippen molar-refractivity contribution in [2.24, 2.45) is 0 Å². The topological polar surface area (TPSA) is 70.8 Å². The van der Waals surface area contributed by atoms with Crippen molar-refractivity contribution in [3.63, 3.8) is 0 Å². The van der Waals surface area contributed by atoms with E-state index in [-0.39, 0.29) is 0 Å². The zero-order valence-electron chi connectivity index (χ0n) is 39.3. The predicted molar refractivity (Wildman–Crippen MR) is 301 cm³/mol. The van der Waals surface area contributed by atoms with Crippen LogP contribution in [0.25, 0.3) is 100 Å². The average molecular weight is 951 g/mol. The molecule has 0 atom stereocenters. The van der Waals surface area contributed by atoms with Gasteiger partial charge in [0.05, 0.1) is 44.1 Å². The van der Waals surface area contributed by atoms with Gasteiger partial charge in [0.2, 0.25) is 17.7 Å². The molecule has 9 heteroatoms. The average Bonchev–Trinajstić information content (AvgIpc) is 4.20. The second-order valence-corrected chi connectivity index (χ2v) is 22.5. The SMILES string of the molecule is c1ccc([Si](c2ccccc2)(c2ccc(-c3nc(-n4c5ccccc5c5ccccc54)nc(-n4c5ccccc5n5c6ccccc6nc45)n3)cc2)c2ccc(-n3c4ccccc4c4ccccc43)cc2)cc1. The Balaban J connectivity index is 0.947. The summed E-state index contributed by atoms with van der Waals surface area (Å²) < 4.78 is 8.85. The first-order chi connectivity index (χ1) is 36.2. The van der Waals surface area contributed by atoms with Gasteiger partial charge in [0.1, 0.15) is 0 Å². The van der Waals surface area contributed by atoms with Crippen LogP contribution in [0.2, 0.25) is 0 Å². The summed E-state index contributed by atoms with van der Waals surface area (Å²) in [5, 5.41) is 9.88. The van der Waals surface area contributed by atoms with E-state index in [2.05, 4.69) is 267 Å². The molecule has 0 N–H and O–H groups in total. The van der Waals surface area contributed by atoms with E-state index in [0.717, 1.165) is 60.9 Å². The third-order valence-electron chi connectivity index (χ3n) is 14.8. The Morgan fingerprint density at radius 2 is 0.671 bits per heavy atom. The number of imidazole rings is 2. The summed E-state index contributed by atoms with van der Waals surface area (Å²) in [7, 11) is -2.97. The molecule has 15 aromatic rings. The molecule has 0 radical (unpaired) electrons. The number of hydrogen-bond donors (Lipinski definition) is 0. The van der Waals surface area contributed by atoms with E-state index in [9.17, 15) is 0 Å². The second kappa shape index (κ2) is 16.2. The van der Waals surface area contributed by atoms with Crippen LogP contribution in [0.3, 0.4) is 0 Å². The van der Waals surface area contributed by atoms with Crippen LogP contribution in [0.15, 0.2) is 255 Å². The number of fused-ring (bicyclic) bond motifs is 11. The summed E-state index contributed by atoms with van der Waals surface area (Å²) in [5.41, 5.74) is 10.3. The molecule has 10 aromatic carbocycles. The maximum atomic E-state index is 5.41. The molecule has 0 saturated carbocycles. The summed E-state index contributed by atoms with van der Waals surface area (Å²) in [6, 6.07) is 91.6. The van der Waals surface area contributed by atoms with Gasteiger partial charge >= 0.3 is 0 Å². The van der Waals surface area contributed by atoms with E-state index in [4.69, 9.17) is 19.9 Å². The quantitative estimate of drug-likeness (QED) is 0.112. The molecule has 0 unspecified atom stereocenters. The molecular weight excluding hydrogens is 909 g/mol. The lowest BCUT2D eigenvalue weighted by molar-refractivity contribution is 0.885. The third kappa shape index (κ3) is 6.13. The van der Waals surface area contributed by atoms with Crippen LogP contribution < -0.4 is 20.7 Å². The molecule has 0 aliphatic heterocycles. The first kappa shape index (κ1) is 41.1. The summed E-state index contributed by atoms with van der Waals surface area (Å²) >= 11 is 0. The molecule has 0 spiro atoms. The van der Waals surface area contributed by atoms with Gasteiger partial charge in [-0.2, -0.15) is 15.0 Å². The van der Waals surface area contributed by atoms with Crippen LogP contribution in [-0.2, 0) is 0 Å². The molecule has 0 aliphatic rings. The highest BCUT2D eigenvalue weighted by Gasteiger charge is 2.41. The molecule has 5 heterocycles. The number of para-hydroxylation sites is 8. The predicted octanol–water partition coefficient (Wildman–Crippen LogP) is 11.9. The van der Waals surface area contributed by atoms with Gasteiger partial charge in [-0.05, 0) is 81.4 Å². The smallest absolute Gasteiger partial charge is 0.242 e. The standard InChI is InChI=1S/C64H42N8Si/c1-3-19-45(20-4-1)73(46-21-5-2-6-22-46,48-41-37-44(38-42-48)69-54-28-12-7-23-49(54)50-24-8-13-29-55(50)69)47-39-35-43(36-40-47)61-66-62(70-56-30-14-9-25-51(56)52-26-10-15-31-57(52)70)68-63(67-61)72-60-34-18-17-33-59(60)71-58-32-16-11-27-53(58)65-64(71)72/h1-42H. The second-order valence-electron chi connectivity index (χ2n) is 18.7. The Morgan fingerprint density at radius 3 is 1.21 bits per heavy atom. The monoisotopic (exact) mass is 950 g/mol. The van der Waals surface area contributed by atoms with Gasteiger partial charge in [0, 0.05) is 32.8 Å². The Morgan fingerprint density at radius 1 is 0.274 bits per heavy atom. The molecule has 5 aromatic heterocycles. The summed E-state index contributed by atoms with van der Waals surface area (Å²) in [4.78, 5) is 21.4. The van der Waals surface area contributed by atoms with Crippen molar-refractivity contribution in [1.29, 1.82) is 0 Å². The van der Waals surface area contributed by atoms with Gasteiger partial charge < -0.3 is 4.57 Å². The molecule has 0 amide bonds. The fourth-order valence-electron chi connectivity index (χ4n) is 11.7. The minimum absolute atomic E-state index is 0.480. The molecule has 0 aliphatic carbocycles. The molecule has 73 heavy (non-hydrogen) atoms. The third-order valence-corrected chi connectivity index (χ3v) is 19.6. The largest absolute Gasteiger partial charge is 0.309 e. The maximum Gasteiger partial charge on any atom is 0.242 e. The van der Waals surface area contributed by atoms with Crippen LogP contribution in [0.5, 0.6) is 0 Å². The van der Waals surface area contributed by atoms with Crippen molar-refractivity contribution in [3.05, 3.63) is 255 Å². The lowest BCUT2D eigenvalue weighted by Crippen LogP contribution is -2.74. The molecule has 15 rings (SSSR count). The number of benzene rings is 10. The van der Waals surface area contributed by atoms with E-state index in [0.29, 0.717) is 17.7 Å². The van der Waals surface area contributed by atoms with Crippen molar-refractivity contribution in [1.82, 2.24) is 38.0 Å². The van der Waals surface area contributed by atoms with E-state index < -0.39 is 8.07 Å². The molecule has 0 saturated heterocycles. The van der Waals surface area contributed by atoms with Gasteiger partial charge in [-0.3, -0.25) is 8.97 Å². The zero-order chi connectivity index (χ0) is 48.0. The van der Waals surface area contributed by atoms with Crippen LogP contribution in [-0.4, -0.2) is 46.1 Å². The van der Waals surface area contributed by atoms with Crippen molar-refractivity contribution in [3.8, 4) is 29.0 Å². The highest BCUT2D eigenvalue weighted by molar-refractivity contribution is 7.19. The highest BCUT2D eigenvalue weighted by Crippen LogP contribution is 2.35. The van der Waals surface area contributed by atoms with Gasteiger partial charge in [0.25, 0.3) is 0 Å². The minimum Gasteiger partial charge on any atom is -0.309 e. The zero-order valence-corrected chi connectivity index (χ0v) is 40.3. The van der Waals surface area contributed by atoms with Gasteiger partial charge in [0.15, 0.2) is 13.9 Å². The summed E-state index contributed by atoms with van der Waals surface area (Å²) in [5.74, 6) is 2.29. The van der Waals surface area contributed by atoms with Crippen LogP contribution in [0, 0.1) is 0 Å². The van der Waals surface area contributed by atoms with E-state index >= 15 is 0 Å². The Labute approximate surface area is 420 Å². The fraction of sp³-hybridized carbons (Fsp3) is 0. The van der Waals surface area contributed by atoms with Crippen LogP contribution in [0.1, 0.15) is 0 Å². The van der Waals surface area contributed by atoms with Crippen LogP contribution >= 0.6 is 0 Å². The fourth-order valence-corrected chi connectivity index (χ4v) is 16.4. The van der Waals surface area contributed by atoms with Gasteiger partial charge in [-0.15, -0.1) is 0 Å². The van der Waals surface area contributed by atoms with E-state index in [1.165, 1.54) is 42.6 Å².